The van der Waals surface area contributed by atoms with Gasteiger partial charge in [-0.2, -0.15) is 0 Å². The van der Waals surface area contributed by atoms with Crippen molar-refractivity contribution in [1.82, 2.24) is 0 Å². The molecule has 0 aliphatic heterocycles. The molecule has 2 nitrogen and oxygen atoms in total. The van der Waals surface area contributed by atoms with Crippen molar-refractivity contribution < 1.29 is 4.42 Å². The Morgan fingerprint density at radius 3 is 1.89 bits per heavy atom. The molecule has 3 heteroatoms. The first-order valence-corrected chi connectivity index (χ1v) is 16.0. The molecular weight excluding hydrogens is 567 g/mol. The van der Waals surface area contributed by atoms with Gasteiger partial charge >= 0.3 is 0 Å². The van der Waals surface area contributed by atoms with Crippen LogP contribution in [0.3, 0.4) is 0 Å². The Morgan fingerprint density at radius 2 is 1.09 bits per heavy atom. The fourth-order valence-electron chi connectivity index (χ4n) is 6.60. The quantitative estimate of drug-likeness (QED) is 0.197. The first kappa shape index (κ1) is 25.8. The van der Waals surface area contributed by atoms with Crippen molar-refractivity contribution in [2.45, 2.75) is 0 Å². The minimum atomic E-state index is 0.878. The first-order chi connectivity index (χ1) is 22.3. The molecule has 0 bridgehead atoms. The van der Waals surface area contributed by atoms with Gasteiger partial charge in [-0.3, -0.25) is 0 Å². The number of anilines is 3. The molecule has 0 fully saturated rings. The zero-order chi connectivity index (χ0) is 29.7. The summed E-state index contributed by atoms with van der Waals surface area (Å²) >= 11 is 1.84. The Hall–Kier alpha value is -5.64. The zero-order valence-electron chi connectivity index (χ0n) is 24.4. The zero-order valence-corrected chi connectivity index (χ0v) is 25.2. The number of benzene rings is 7. The molecule has 0 radical (unpaired) electrons. The average molecular weight is 594 g/mol. The van der Waals surface area contributed by atoms with Gasteiger partial charge in [0.2, 0.25) is 0 Å². The highest BCUT2D eigenvalue weighted by Crippen LogP contribution is 2.49. The maximum absolute atomic E-state index is 6.80. The summed E-state index contributed by atoms with van der Waals surface area (Å²) in [4.78, 5) is 2.38. The van der Waals surface area contributed by atoms with Crippen LogP contribution < -0.4 is 4.90 Å². The third kappa shape index (κ3) is 4.24. The summed E-state index contributed by atoms with van der Waals surface area (Å²) in [6.07, 6.45) is 0. The molecule has 2 aromatic heterocycles. The van der Waals surface area contributed by atoms with E-state index in [0.29, 0.717) is 0 Å². The van der Waals surface area contributed by atoms with Gasteiger partial charge in [0.1, 0.15) is 5.58 Å². The fraction of sp³-hybridized carbons (Fsp3) is 0. The number of hydrogen-bond donors (Lipinski definition) is 0. The van der Waals surface area contributed by atoms with Gasteiger partial charge in [-0.25, -0.2) is 0 Å². The Bertz CT molecular complexity index is 2470. The monoisotopic (exact) mass is 593 g/mol. The number of fused-ring (bicyclic) bond motifs is 6. The summed E-state index contributed by atoms with van der Waals surface area (Å²) < 4.78 is 9.33. The van der Waals surface area contributed by atoms with Crippen LogP contribution in [0.5, 0.6) is 0 Å². The molecule has 0 saturated carbocycles. The Kier molecular flexibility index (Phi) is 6.03. The minimum Gasteiger partial charge on any atom is -0.454 e. The second-order valence-corrected chi connectivity index (χ2v) is 12.4. The SMILES string of the molecule is c1ccc(-c2ccc(N(c3ccc(-c4ccccc4)c4c3oc3ccccc34)c3cccc4c3sc3ccccc34)cc2)cc1. The van der Waals surface area contributed by atoms with E-state index in [9.17, 15) is 0 Å². The van der Waals surface area contributed by atoms with E-state index in [-0.39, 0.29) is 0 Å². The molecule has 9 rings (SSSR count). The number of nitrogens with zero attached hydrogens (tertiary/aromatic N) is 1. The highest BCUT2D eigenvalue weighted by molar-refractivity contribution is 7.26. The predicted molar refractivity (Wildman–Crippen MR) is 192 cm³/mol. The van der Waals surface area contributed by atoms with Crippen molar-refractivity contribution >= 4 is 70.5 Å². The molecule has 0 amide bonds. The van der Waals surface area contributed by atoms with E-state index in [1.54, 1.807) is 0 Å². The summed E-state index contributed by atoms with van der Waals surface area (Å²) in [6.45, 7) is 0. The molecule has 2 heterocycles. The number of furan rings is 1. The van der Waals surface area contributed by atoms with Crippen molar-refractivity contribution in [2.75, 3.05) is 4.90 Å². The Balaban J connectivity index is 1.34. The lowest BCUT2D eigenvalue weighted by molar-refractivity contribution is 0.669. The lowest BCUT2D eigenvalue weighted by Crippen LogP contribution is -2.10. The fourth-order valence-corrected chi connectivity index (χ4v) is 7.81. The van der Waals surface area contributed by atoms with Crippen LogP contribution in [-0.4, -0.2) is 0 Å². The van der Waals surface area contributed by atoms with E-state index in [2.05, 4.69) is 163 Å². The van der Waals surface area contributed by atoms with E-state index < -0.39 is 0 Å². The normalized spacial score (nSPS) is 11.6. The molecular formula is C42H27NOS. The van der Waals surface area contributed by atoms with Crippen LogP contribution in [0, 0.1) is 0 Å². The summed E-state index contributed by atoms with van der Waals surface area (Å²) in [5.74, 6) is 0. The number of hydrogen-bond acceptors (Lipinski definition) is 3. The van der Waals surface area contributed by atoms with Gasteiger partial charge in [0.25, 0.3) is 0 Å². The molecule has 9 aromatic rings. The molecule has 0 spiro atoms. The van der Waals surface area contributed by atoms with Crippen LogP contribution >= 0.6 is 11.3 Å². The smallest absolute Gasteiger partial charge is 0.160 e. The highest BCUT2D eigenvalue weighted by Gasteiger charge is 2.24. The Labute approximate surface area is 265 Å². The van der Waals surface area contributed by atoms with Crippen molar-refractivity contribution in [3.8, 4) is 22.3 Å². The van der Waals surface area contributed by atoms with Gasteiger partial charge < -0.3 is 9.32 Å². The third-order valence-corrected chi connectivity index (χ3v) is 9.90. The van der Waals surface area contributed by atoms with Gasteiger partial charge in [-0.1, -0.05) is 127 Å². The average Bonchev–Trinajstić information content (AvgIpc) is 3.69. The lowest BCUT2D eigenvalue weighted by Gasteiger charge is -2.27. The van der Waals surface area contributed by atoms with Crippen LogP contribution in [0.2, 0.25) is 0 Å². The van der Waals surface area contributed by atoms with Crippen molar-refractivity contribution in [3.05, 3.63) is 164 Å². The highest BCUT2D eigenvalue weighted by atomic mass is 32.1. The summed E-state index contributed by atoms with van der Waals surface area (Å²) in [5, 5.41) is 4.80. The van der Waals surface area contributed by atoms with Crippen LogP contribution in [0.1, 0.15) is 0 Å². The number of rotatable bonds is 5. The van der Waals surface area contributed by atoms with E-state index >= 15 is 0 Å². The third-order valence-electron chi connectivity index (χ3n) is 8.69. The summed E-state index contributed by atoms with van der Waals surface area (Å²) in [5.41, 5.74) is 9.72. The van der Waals surface area contributed by atoms with Gasteiger partial charge in [0, 0.05) is 31.9 Å². The maximum atomic E-state index is 6.80. The standard InChI is InChI=1S/C42H27NOS/c1-3-12-28(13-4-1)29-22-24-31(25-23-29)43(37-19-11-18-34-33-16-8-10-21-39(33)45-42(34)37)36-27-26-32(30-14-5-2-6-15-30)40-35-17-7-9-20-38(35)44-41(36)40/h1-27H. The number of thiophene rings is 1. The van der Waals surface area contributed by atoms with Crippen LogP contribution in [-0.2, 0) is 0 Å². The topological polar surface area (TPSA) is 16.4 Å². The summed E-state index contributed by atoms with van der Waals surface area (Å²) in [7, 11) is 0. The second-order valence-electron chi connectivity index (χ2n) is 11.3. The van der Waals surface area contributed by atoms with E-state index in [0.717, 1.165) is 39.0 Å². The lowest BCUT2D eigenvalue weighted by atomic mass is 9.98. The second kappa shape index (κ2) is 10.5. The first-order valence-electron chi connectivity index (χ1n) is 15.2. The van der Waals surface area contributed by atoms with Gasteiger partial charge in [-0.15, -0.1) is 11.3 Å². The molecule has 212 valence electrons. The maximum Gasteiger partial charge on any atom is 0.160 e. The predicted octanol–water partition coefficient (Wildman–Crippen LogP) is 12.8. The minimum absolute atomic E-state index is 0.878. The van der Waals surface area contributed by atoms with E-state index in [1.807, 2.05) is 17.4 Å². The molecule has 0 saturated heterocycles. The number of para-hydroxylation sites is 1. The molecule has 45 heavy (non-hydrogen) atoms. The van der Waals surface area contributed by atoms with Crippen molar-refractivity contribution in [1.29, 1.82) is 0 Å². The van der Waals surface area contributed by atoms with E-state index in [1.165, 1.54) is 42.4 Å². The molecule has 0 aliphatic carbocycles. The van der Waals surface area contributed by atoms with Crippen molar-refractivity contribution in [2.24, 2.45) is 0 Å². The van der Waals surface area contributed by atoms with Gasteiger partial charge in [0.05, 0.1) is 16.1 Å². The van der Waals surface area contributed by atoms with Gasteiger partial charge in [-0.05, 0) is 58.7 Å². The molecule has 0 N–H and O–H groups in total. The molecule has 0 atom stereocenters. The van der Waals surface area contributed by atoms with Crippen LogP contribution in [0.15, 0.2) is 168 Å². The van der Waals surface area contributed by atoms with Crippen molar-refractivity contribution in [3.63, 3.8) is 0 Å². The van der Waals surface area contributed by atoms with Crippen LogP contribution in [0.4, 0.5) is 17.1 Å². The largest absolute Gasteiger partial charge is 0.454 e. The Morgan fingerprint density at radius 1 is 0.444 bits per heavy atom. The summed E-state index contributed by atoms with van der Waals surface area (Å²) in [6, 6.07) is 58.3. The van der Waals surface area contributed by atoms with E-state index in [4.69, 9.17) is 4.42 Å². The van der Waals surface area contributed by atoms with Crippen LogP contribution in [0.25, 0.3) is 64.4 Å². The molecule has 0 unspecified atom stereocenters. The van der Waals surface area contributed by atoms with Gasteiger partial charge in [0.15, 0.2) is 5.58 Å². The molecule has 7 aromatic carbocycles. The molecule has 0 aliphatic rings.